The van der Waals surface area contributed by atoms with E-state index in [4.69, 9.17) is 10.5 Å². The minimum absolute atomic E-state index is 0.139. The molecule has 0 radical (unpaired) electrons. The number of ether oxygens (including phenoxy) is 1. The zero-order chi connectivity index (χ0) is 18.4. The van der Waals surface area contributed by atoms with Gasteiger partial charge in [0, 0.05) is 10.2 Å². The van der Waals surface area contributed by atoms with Crippen molar-refractivity contribution in [2.75, 3.05) is 12.3 Å². The van der Waals surface area contributed by atoms with E-state index < -0.39 is 11.8 Å². The number of nitrogens with zero attached hydrogens (tertiary/aromatic N) is 1. The number of esters is 1. The number of nitrogen functional groups attached to an aromatic ring is 1. The molecule has 0 unspecified atom stereocenters. The lowest BCUT2D eigenvalue weighted by Crippen LogP contribution is -2.11. The highest BCUT2D eigenvalue weighted by atomic mass is 79.9. The molecule has 2 N–H and O–H groups in total. The fourth-order valence-electron chi connectivity index (χ4n) is 1.99. The van der Waals surface area contributed by atoms with Crippen molar-refractivity contribution >= 4 is 56.5 Å². The summed E-state index contributed by atoms with van der Waals surface area (Å²) in [7, 11) is 0. The van der Waals surface area contributed by atoms with Crippen molar-refractivity contribution in [3.63, 3.8) is 0 Å². The van der Waals surface area contributed by atoms with Crippen molar-refractivity contribution < 1.29 is 14.3 Å². The summed E-state index contributed by atoms with van der Waals surface area (Å²) in [5.41, 5.74) is 7.47. The van der Waals surface area contributed by atoms with E-state index in [9.17, 15) is 14.9 Å². The van der Waals surface area contributed by atoms with Crippen LogP contribution in [0.2, 0.25) is 0 Å². The van der Waals surface area contributed by atoms with Gasteiger partial charge in [-0.2, -0.15) is 5.26 Å². The number of benzene rings is 1. The van der Waals surface area contributed by atoms with Gasteiger partial charge in [-0.3, -0.25) is 9.59 Å². The van der Waals surface area contributed by atoms with Crippen molar-refractivity contribution in [2.24, 2.45) is 0 Å². The van der Waals surface area contributed by atoms with Gasteiger partial charge >= 0.3 is 5.97 Å². The summed E-state index contributed by atoms with van der Waals surface area (Å²) in [6.07, 6.45) is -0.375. The van der Waals surface area contributed by atoms with Gasteiger partial charge in [0.15, 0.2) is 5.78 Å². The molecular formula is C17H15BrN2O3S2. The van der Waals surface area contributed by atoms with Gasteiger partial charge in [0.1, 0.15) is 18.1 Å². The van der Waals surface area contributed by atoms with Gasteiger partial charge in [-0.05, 0) is 24.6 Å². The minimum Gasteiger partial charge on any atom is -0.466 e. The first-order valence-electron chi connectivity index (χ1n) is 7.34. The summed E-state index contributed by atoms with van der Waals surface area (Å²) < 4.78 is 6.45. The number of anilines is 1. The highest BCUT2D eigenvalue weighted by Crippen LogP contribution is 2.39. The average molecular weight is 439 g/mol. The van der Waals surface area contributed by atoms with Gasteiger partial charge in [0.25, 0.3) is 0 Å². The Hall–Kier alpha value is -1.82. The molecule has 0 spiro atoms. The largest absolute Gasteiger partial charge is 0.466 e. The first-order chi connectivity index (χ1) is 12.0. The van der Waals surface area contributed by atoms with Crippen LogP contribution in [-0.2, 0) is 15.3 Å². The summed E-state index contributed by atoms with van der Waals surface area (Å²) >= 11 is 5.98. The second-order valence-electron chi connectivity index (χ2n) is 4.94. The summed E-state index contributed by atoms with van der Waals surface area (Å²) in [6.45, 7) is 1.89. The lowest BCUT2D eigenvalue weighted by Gasteiger charge is -2.00. The Bertz CT molecular complexity index is 826. The van der Waals surface area contributed by atoms with Crippen molar-refractivity contribution in [1.29, 1.82) is 5.26 Å². The van der Waals surface area contributed by atoms with Crippen molar-refractivity contribution in [2.45, 2.75) is 23.3 Å². The number of carbonyl (C=O) groups is 2. The Balaban J connectivity index is 2.16. The third kappa shape index (κ3) is 5.08. The van der Waals surface area contributed by atoms with Crippen molar-refractivity contribution in [1.82, 2.24) is 0 Å². The van der Waals surface area contributed by atoms with Gasteiger partial charge in [0.2, 0.25) is 0 Å². The second-order valence-corrected chi connectivity index (χ2v) is 8.12. The summed E-state index contributed by atoms with van der Waals surface area (Å²) in [4.78, 5) is 24.0. The van der Waals surface area contributed by atoms with Crippen LogP contribution in [0.25, 0.3) is 0 Å². The number of halogens is 1. The number of nitrogens with two attached hydrogens (primary N) is 1. The molecule has 0 atom stereocenters. The van der Waals surface area contributed by atoms with Crippen LogP contribution < -0.4 is 5.73 Å². The molecule has 0 saturated carbocycles. The highest BCUT2D eigenvalue weighted by Gasteiger charge is 2.23. The zero-order valence-electron chi connectivity index (χ0n) is 13.4. The second kappa shape index (κ2) is 9.04. The number of Topliss-reactive ketones (excluding diaryl/α,β-unsaturated/α-hetero) is 1. The lowest BCUT2D eigenvalue weighted by molar-refractivity contribution is -0.141. The van der Waals surface area contributed by atoms with Crippen LogP contribution in [0.1, 0.15) is 34.1 Å². The van der Waals surface area contributed by atoms with Gasteiger partial charge in [-0.15, -0.1) is 23.1 Å². The molecule has 25 heavy (non-hydrogen) atoms. The number of ketones is 1. The average Bonchev–Trinajstić information content (AvgIpc) is 2.90. The van der Waals surface area contributed by atoms with Crippen LogP contribution in [0, 0.1) is 11.3 Å². The molecule has 0 aliphatic heterocycles. The summed E-state index contributed by atoms with van der Waals surface area (Å²) in [5, 5.41) is 9.35. The lowest BCUT2D eigenvalue weighted by atomic mass is 10.2. The Morgan fingerprint density at radius 2 is 2.04 bits per heavy atom. The van der Waals surface area contributed by atoms with Gasteiger partial charge < -0.3 is 10.5 Å². The molecule has 2 aromatic rings. The molecule has 0 fully saturated rings. The van der Waals surface area contributed by atoms with Crippen LogP contribution in [0.15, 0.2) is 32.9 Å². The topological polar surface area (TPSA) is 93.2 Å². The maximum Gasteiger partial charge on any atom is 0.313 e. The van der Waals surface area contributed by atoms with Crippen LogP contribution in [0.3, 0.4) is 0 Å². The monoisotopic (exact) mass is 438 g/mol. The number of thioether (sulfide) groups is 1. The molecule has 1 heterocycles. The molecule has 0 aliphatic carbocycles. The molecule has 130 valence electrons. The molecule has 0 bridgehead atoms. The Kier molecular flexibility index (Phi) is 7.05. The van der Waals surface area contributed by atoms with Gasteiger partial charge in [-0.1, -0.05) is 28.1 Å². The molecular weight excluding hydrogens is 424 g/mol. The van der Waals surface area contributed by atoms with Crippen LogP contribution in [0.5, 0.6) is 0 Å². The van der Waals surface area contributed by atoms with E-state index >= 15 is 0 Å². The SMILES string of the molecule is CCOC(=O)CC(=O)c1sc(SCc2ccc(Br)cc2)c(C#N)c1N. The van der Waals surface area contributed by atoms with E-state index in [1.165, 1.54) is 11.8 Å². The third-order valence-corrected chi connectivity index (χ3v) is 6.29. The Morgan fingerprint density at radius 1 is 1.36 bits per heavy atom. The van der Waals surface area contributed by atoms with Gasteiger partial charge in [-0.25, -0.2) is 0 Å². The number of hydrogen-bond acceptors (Lipinski definition) is 7. The standard InChI is InChI=1S/C17H15BrN2O3S2/c1-2-23-14(22)7-13(21)16-15(20)12(8-19)17(25-16)24-9-10-3-5-11(18)6-4-10/h3-6H,2,7,9,20H2,1H3. The van der Waals surface area contributed by atoms with E-state index in [-0.39, 0.29) is 23.6 Å². The molecule has 0 saturated heterocycles. The Morgan fingerprint density at radius 3 is 2.64 bits per heavy atom. The molecule has 8 heteroatoms. The molecule has 1 aromatic heterocycles. The highest BCUT2D eigenvalue weighted by molar-refractivity contribution is 9.10. The number of nitriles is 1. The zero-order valence-corrected chi connectivity index (χ0v) is 16.6. The molecule has 0 aliphatic rings. The summed E-state index contributed by atoms with van der Waals surface area (Å²) in [6, 6.07) is 9.90. The maximum atomic E-state index is 12.2. The van der Waals surface area contributed by atoms with Crippen molar-refractivity contribution in [3.8, 4) is 6.07 Å². The van der Waals surface area contributed by atoms with Crippen LogP contribution in [0.4, 0.5) is 5.69 Å². The number of thiophene rings is 1. The van der Waals surface area contributed by atoms with Gasteiger partial charge in [0.05, 0.1) is 21.4 Å². The maximum absolute atomic E-state index is 12.2. The smallest absolute Gasteiger partial charge is 0.313 e. The number of rotatable bonds is 7. The van der Waals surface area contributed by atoms with Crippen LogP contribution in [-0.4, -0.2) is 18.4 Å². The molecule has 0 amide bonds. The van der Waals surface area contributed by atoms with E-state index in [2.05, 4.69) is 22.0 Å². The predicted molar refractivity (Wildman–Crippen MR) is 103 cm³/mol. The van der Waals surface area contributed by atoms with E-state index in [0.717, 1.165) is 21.4 Å². The minimum atomic E-state index is -0.595. The number of hydrogen-bond donors (Lipinski definition) is 1. The predicted octanol–water partition coefficient (Wildman–Crippen LogP) is 4.39. The van der Waals surface area contributed by atoms with Crippen molar-refractivity contribution in [3.05, 3.63) is 44.7 Å². The number of carbonyl (C=O) groups excluding carboxylic acids is 2. The first kappa shape index (κ1) is 19.5. The molecule has 5 nitrogen and oxygen atoms in total. The fourth-order valence-corrected chi connectivity index (χ4v) is 4.55. The normalized spacial score (nSPS) is 10.3. The van der Waals surface area contributed by atoms with E-state index in [0.29, 0.717) is 15.5 Å². The Labute approximate surface area is 162 Å². The van der Waals surface area contributed by atoms with E-state index in [1.807, 2.05) is 24.3 Å². The molecule has 2 rings (SSSR count). The fraction of sp³-hybridized carbons (Fsp3) is 0.235. The molecule has 1 aromatic carbocycles. The van der Waals surface area contributed by atoms with E-state index in [1.54, 1.807) is 6.92 Å². The first-order valence-corrected chi connectivity index (χ1v) is 9.94. The van der Waals surface area contributed by atoms with Crippen LogP contribution >= 0.6 is 39.0 Å². The summed E-state index contributed by atoms with van der Waals surface area (Å²) in [5.74, 6) is -0.372. The quantitative estimate of drug-likeness (QED) is 0.298. The third-order valence-electron chi connectivity index (χ3n) is 3.17.